The summed E-state index contributed by atoms with van der Waals surface area (Å²) in [6.45, 7) is 0. The minimum atomic E-state index is -0.490. The monoisotopic (exact) mass is 295 g/mol. The number of H-pyrrole nitrogens is 1. The van der Waals surface area contributed by atoms with Crippen molar-refractivity contribution in [1.29, 1.82) is 0 Å². The molecule has 0 fully saturated rings. The van der Waals surface area contributed by atoms with Crippen molar-refractivity contribution < 1.29 is 9.53 Å². The van der Waals surface area contributed by atoms with Gasteiger partial charge < -0.3 is 15.0 Å². The number of hydrogen-bond donors (Lipinski definition) is 2. The average molecular weight is 295 g/mol. The molecule has 2 N–H and O–H groups in total. The molecule has 0 aliphatic carbocycles. The molecule has 110 valence electrons. The number of rotatable bonds is 3. The molecule has 22 heavy (non-hydrogen) atoms. The topological polar surface area (TPSA) is 84.1 Å². The van der Waals surface area contributed by atoms with E-state index in [9.17, 15) is 9.59 Å². The summed E-state index contributed by atoms with van der Waals surface area (Å²) in [6.07, 6.45) is 0. The highest BCUT2D eigenvalue weighted by molar-refractivity contribution is 6.02. The minimum Gasteiger partial charge on any atom is -0.497 e. The van der Waals surface area contributed by atoms with Gasteiger partial charge in [0.15, 0.2) is 5.82 Å². The SMILES string of the molecule is COc1cccc(NC(=O)c2nc3ccccc3c(=O)[nH]2)c1. The lowest BCUT2D eigenvalue weighted by Gasteiger charge is -2.07. The van der Waals surface area contributed by atoms with E-state index in [2.05, 4.69) is 15.3 Å². The van der Waals surface area contributed by atoms with Gasteiger partial charge in [-0.1, -0.05) is 18.2 Å². The molecule has 0 saturated carbocycles. The largest absolute Gasteiger partial charge is 0.497 e. The summed E-state index contributed by atoms with van der Waals surface area (Å²) < 4.78 is 5.09. The van der Waals surface area contributed by atoms with Gasteiger partial charge in [-0.05, 0) is 24.3 Å². The number of aromatic amines is 1. The van der Waals surface area contributed by atoms with E-state index in [0.717, 1.165) is 0 Å². The van der Waals surface area contributed by atoms with Crippen molar-refractivity contribution in [3.05, 3.63) is 64.7 Å². The first kappa shape index (κ1) is 13.8. The van der Waals surface area contributed by atoms with Gasteiger partial charge >= 0.3 is 0 Å². The Morgan fingerprint density at radius 3 is 2.82 bits per heavy atom. The number of para-hydroxylation sites is 1. The summed E-state index contributed by atoms with van der Waals surface area (Å²) in [4.78, 5) is 30.9. The summed E-state index contributed by atoms with van der Waals surface area (Å²) in [5.41, 5.74) is 0.684. The van der Waals surface area contributed by atoms with Crippen molar-refractivity contribution in [3.8, 4) is 5.75 Å². The predicted octanol–water partition coefficient (Wildman–Crippen LogP) is 2.18. The fraction of sp³-hybridized carbons (Fsp3) is 0.0625. The van der Waals surface area contributed by atoms with Crippen LogP contribution in [0.25, 0.3) is 10.9 Å². The summed E-state index contributed by atoms with van der Waals surface area (Å²) >= 11 is 0. The van der Waals surface area contributed by atoms with Crippen molar-refractivity contribution in [3.63, 3.8) is 0 Å². The Labute approximate surface area is 125 Å². The Bertz CT molecular complexity index is 902. The number of amides is 1. The number of carbonyl (C=O) groups is 1. The maximum Gasteiger partial charge on any atom is 0.291 e. The second-order valence-electron chi connectivity index (χ2n) is 4.62. The number of methoxy groups -OCH3 is 1. The van der Waals surface area contributed by atoms with Crippen LogP contribution in [0.5, 0.6) is 5.75 Å². The molecule has 0 spiro atoms. The van der Waals surface area contributed by atoms with Crippen LogP contribution >= 0.6 is 0 Å². The number of fused-ring (bicyclic) bond motifs is 1. The molecule has 6 heteroatoms. The van der Waals surface area contributed by atoms with Gasteiger partial charge in [0.05, 0.1) is 18.0 Å². The summed E-state index contributed by atoms with van der Waals surface area (Å²) in [6, 6.07) is 13.8. The molecule has 1 aromatic heterocycles. The quantitative estimate of drug-likeness (QED) is 0.775. The highest BCUT2D eigenvalue weighted by Crippen LogP contribution is 2.17. The van der Waals surface area contributed by atoms with Crippen LogP contribution in [0.2, 0.25) is 0 Å². The zero-order valence-corrected chi connectivity index (χ0v) is 11.8. The maximum atomic E-state index is 12.2. The van der Waals surface area contributed by atoms with Gasteiger partial charge in [0.2, 0.25) is 0 Å². The number of anilines is 1. The van der Waals surface area contributed by atoms with Crippen LogP contribution in [0.15, 0.2) is 53.3 Å². The second-order valence-corrected chi connectivity index (χ2v) is 4.62. The first-order valence-electron chi connectivity index (χ1n) is 6.62. The third-order valence-corrected chi connectivity index (χ3v) is 3.16. The van der Waals surface area contributed by atoms with E-state index in [4.69, 9.17) is 4.74 Å². The number of benzene rings is 2. The molecule has 3 aromatic rings. The molecule has 0 atom stereocenters. The Kier molecular flexibility index (Phi) is 3.57. The van der Waals surface area contributed by atoms with E-state index >= 15 is 0 Å². The van der Waals surface area contributed by atoms with Gasteiger partial charge in [-0.2, -0.15) is 0 Å². The summed E-state index contributed by atoms with van der Waals surface area (Å²) in [7, 11) is 1.54. The zero-order chi connectivity index (χ0) is 15.5. The van der Waals surface area contributed by atoms with Gasteiger partial charge in [0.1, 0.15) is 5.75 Å². The number of hydrogen-bond acceptors (Lipinski definition) is 4. The van der Waals surface area contributed by atoms with Crippen LogP contribution in [0.3, 0.4) is 0 Å². The third-order valence-electron chi connectivity index (χ3n) is 3.16. The molecule has 0 unspecified atom stereocenters. The highest BCUT2D eigenvalue weighted by Gasteiger charge is 2.11. The van der Waals surface area contributed by atoms with E-state index in [0.29, 0.717) is 22.3 Å². The summed E-state index contributed by atoms with van der Waals surface area (Å²) in [5.74, 6) is 0.0976. The standard InChI is InChI=1S/C16H13N3O3/c1-22-11-6-4-5-10(9-11)17-16(21)14-18-13-8-3-2-7-12(13)15(20)19-14/h2-9H,1H3,(H,17,21)(H,18,19,20). The molecular weight excluding hydrogens is 282 g/mol. The van der Waals surface area contributed by atoms with Crippen LogP contribution in [-0.4, -0.2) is 23.0 Å². The normalized spacial score (nSPS) is 10.4. The Balaban J connectivity index is 1.93. The van der Waals surface area contributed by atoms with Crippen molar-refractivity contribution in [2.75, 3.05) is 12.4 Å². The van der Waals surface area contributed by atoms with Gasteiger partial charge in [0, 0.05) is 11.8 Å². The first-order valence-corrected chi connectivity index (χ1v) is 6.62. The van der Waals surface area contributed by atoms with E-state index < -0.39 is 5.91 Å². The number of nitrogens with zero attached hydrogens (tertiary/aromatic N) is 1. The van der Waals surface area contributed by atoms with E-state index in [1.165, 1.54) is 0 Å². The van der Waals surface area contributed by atoms with Crippen molar-refractivity contribution >= 4 is 22.5 Å². The lowest BCUT2D eigenvalue weighted by molar-refractivity contribution is 0.101. The van der Waals surface area contributed by atoms with Crippen molar-refractivity contribution in [1.82, 2.24) is 9.97 Å². The van der Waals surface area contributed by atoms with Crippen molar-refractivity contribution in [2.24, 2.45) is 0 Å². The third kappa shape index (κ3) is 2.67. The molecule has 6 nitrogen and oxygen atoms in total. The van der Waals surface area contributed by atoms with Crippen molar-refractivity contribution in [2.45, 2.75) is 0 Å². The lowest BCUT2D eigenvalue weighted by atomic mass is 10.2. The predicted molar refractivity (Wildman–Crippen MR) is 83.3 cm³/mol. The number of aromatic nitrogens is 2. The van der Waals surface area contributed by atoms with E-state index in [1.54, 1.807) is 55.6 Å². The molecular formula is C16H13N3O3. The van der Waals surface area contributed by atoms with Gasteiger partial charge in [-0.25, -0.2) is 4.98 Å². The van der Waals surface area contributed by atoms with E-state index in [1.807, 2.05) is 0 Å². The number of carbonyl (C=O) groups excluding carboxylic acids is 1. The maximum absolute atomic E-state index is 12.2. The summed E-state index contributed by atoms with van der Waals surface area (Å²) in [5, 5.41) is 3.12. The van der Waals surface area contributed by atoms with Crippen LogP contribution in [-0.2, 0) is 0 Å². The molecule has 0 radical (unpaired) electrons. The van der Waals surface area contributed by atoms with Crippen LogP contribution in [0.1, 0.15) is 10.6 Å². The fourth-order valence-electron chi connectivity index (χ4n) is 2.09. The van der Waals surface area contributed by atoms with Crippen LogP contribution < -0.4 is 15.6 Å². The molecule has 0 saturated heterocycles. The second kappa shape index (κ2) is 5.69. The number of nitrogens with one attached hydrogen (secondary N) is 2. The first-order chi connectivity index (χ1) is 10.7. The van der Waals surface area contributed by atoms with Gasteiger partial charge in [-0.15, -0.1) is 0 Å². The van der Waals surface area contributed by atoms with E-state index in [-0.39, 0.29) is 11.4 Å². The molecule has 1 amide bonds. The van der Waals surface area contributed by atoms with Gasteiger partial charge in [0.25, 0.3) is 11.5 Å². The smallest absolute Gasteiger partial charge is 0.291 e. The molecule has 0 aliphatic rings. The molecule has 0 aliphatic heterocycles. The number of ether oxygens (including phenoxy) is 1. The zero-order valence-electron chi connectivity index (χ0n) is 11.8. The highest BCUT2D eigenvalue weighted by atomic mass is 16.5. The Morgan fingerprint density at radius 1 is 1.18 bits per heavy atom. The van der Waals surface area contributed by atoms with Crippen LogP contribution in [0, 0.1) is 0 Å². The van der Waals surface area contributed by atoms with Gasteiger partial charge in [-0.3, -0.25) is 9.59 Å². The fourth-order valence-corrected chi connectivity index (χ4v) is 2.09. The van der Waals surface area contributed by atoms with Crippen LogP contribution in [0.4, 0.5) is 5.69 Å². The Morgan fingerprint density at radius 2 is 2.00 bits per heavy atom. The minimum absolute atomic E-state index is 0.0356. The molecule has 0 bridgehead atoms. The molecule has 3 rings (SSSR count). The average Bonchev–Trinajstić information content (AvgIpc) is 2.55. The molecule has 2 aromatic carbocycles. The molecule has 1 heterocycles. The Hall–Kier alpha value is -3.15. The lowest BCUT2D eigenvalue weighted by Crippen LogP contribution is -2.21.